The Bertz CT molecular complexity index is 1120. The first-order valence-corrected chi connectivity index (χ1v) is 11.0. The number of carbonyl (C=O) groups excluding carboxylic acids is 2. The van der Waals surface area contributed by atoms with Gasteiger partial charge in [0.05, 0.1) is 19.7 Å². The molecule has 0 fully saturated rings. The van der Waals surface area contributed by atoms with Crippen molar-refractivity contribution in [2.45, 2.75) is 19.4 Å². The number of benzene rings is 2. The van der Waals surface area contributed by atoms with Crippen molar-refractivity contribution in [3.05, 3.63) is 108 Å². The van der Waals surface area contributed by atoms with Gasteiger partial charge in [-0.05, 0) is 43.2 Å². The number of hydrogen-bond acceptors (Lipinski definition) is 4. The van der Waals surface area contributed by atoms with Crippen molar-refractivity contribution in [3.8, 4) is 5.75 Å². The van der Waals surface area contributed by atoms with Crippen LogP contribution in [0.2, 0.25) is 0 Å². The minimum Gasteiger partial charge on any atom is -0.494 e. The molecular formula is C27H28FN3O3. The van der Waals surface area contributed by atoms with Gasteiger partial charge in [-0.15, -0.1) is 0 Å². The molecule has 0 saturated carbocycles. The molecule has 2 amide bonds. The fourth-order valence-corrected chi connectivity index (χ4v) is 3.53. The van der Waals surface area contributed by atoms with Crippen LogP contribution in [0.15, 0.2) is 85.2 Å². The fourth-order valence-electron chi connectivity index (χ4n) is 3.53. The van der Waals surface area contributed by atoms with Gasteiger partial charge in [0.25, 0.3) is 5.91 Å². The third kappa shape index (κ3) is 6.75. The van der Waals surface area contributed by atoms with Crippen LogP contribution >= 0.6 is 0 Å². The zero-order chi connectivity index (χ0) is 24.3. The molecule has 3 aromatic rings. The standard InChI is InChI=1S/C20H20FN3O3.C7H8/c1-27-18-11-14(7-8-16(18)21)20(26)23-13-19(25)24-10-3-2-6-17(24)15-5-4-9-22-12-15;1-7-5-3-2-4-6-7/h2-5,7-9,11-12,17H,6,10,13H2,1H3,(H,23,26);2-6H,1H3. The maximum Gasteiger partial charge on any atom is 0.251 e. The molecule has 1 unspecified atom stereocenters. The maximum atomic E-state index is 13.5. The Kier molecular flexibility index (Phi) is 8.91. The molecule has 2 aromatic carbocycles. The van der Waals surface area contributed by atoms with E-state index in [1.54, 1.807) is 17.3 Å². The Morgan fingerprint density at radius 3 is 2.56 bits per heavy atom. The van der Waals surface area contributed by atoms with Crippen molar-refractivity contribution in [1.29, 1.82) is 0 Å². The lowest BCUT2D eigenvalue weighted by molar-refractivity contribution is -0.132. The summed E-state index contributed by atoms with van der Waals surface area (Å²) in [4.78, 5) is 30.8. The van der Waals surface area contributed by atoms with Crippen molar-refractivity contribution < 1.29 is 18.7 Å². The monoisotopic (exact) mass is 461 g/mol. The number of rotatable bonds is 5. The van der Waals surface area contributed by atoms with Crippen LogP contribution < -0.4 is 10.1 Å². The van der Waals surface area contributed by atoms with Crippen LogP contribution in [-0.2, 0) is 4.79 Å². The highest BCUT2D eigenvalue weighted by molar-refractivity contribution is 5.96. The average Bonchev–Trinajstić information content (AvgIpc) is 2.88. The van der Waals surface area contributed by atoms with Crippen LogP contribution in [0.25, 0.3) is 0 Å². The number of aromatic nitrogens is 1. The summed E-state index contributed by atoms with van der Waals surface area (Å²) in [5.41, 5.74) is 2.50. The molecule has 6 nitrogen and oxygen atoms in total. The number of ether oxygens (including phenoxy) is 1. The quantitative estimate of drug-likeness (QED) is 0.569. The van der Waals surface area contributed by atoms with Crippen molar-refractivity contribution in [1.82, 2.24) is 15.2 Å². The van der Waals surface area contributed by atoms with Crippen LogP contribution in [0, 0.1) is 12.7 Å². The molecule has 34 heavy (non-hydrogen) atoms. The predicted octanol–water partition coefficient (Wildman–Crippen LogP) is 4.48. The van der Waals surface area contributed by atoms with Gasteiger partial charge in [-0.25, -0.2) is 4.39 Å². The number of halogens is 1. The SMILES string of the molecule is COc1cc(C(=O)NCC(=O)N2CC=CCC2c2cccnc2)ccc1F.Cc1ccccc1. The molecule has 0 spiro atoms. The lowest BCUT2D eigenvalue weighted by atomic mass is 10.0. The van der Waals surface area contributed by atoms with Gasteiger partial charge in [0, 0.05) is 24.5 Å². The minimum absolute atomic E-state index is 0.0215. The van der Waals surface area contributed by atoms with E-state index < -0.39 is 11.7 Å². The molecule has 2 heterocycles. The van der Waals surface area contributed by atoms with Crippen LogP contribution in [0.3, 0.4) is 0 Å². The molecule has 1 N–H and O–H groups in total. The van der Waals surface area contributed by atoms with Gasteiger partial charge in [-0.2, -0.15) is 0 Å². The van der Waals surface area contributed by atoms with Crippen molar-refractivity contribution in [3.63, 3.8) is 0 Å². The second-order valence-corrected chi connectivity index (χ2v) is 7.74. The summed E-state index contributed by atoms with van der Waals surface area (Å²) in [6.07, 6.45) is 8.09. The van der Waals surface area contributed by atoms with Gasteiger partial charge >= 0.3 is 0 Å². The van der Waals surface area contributed by atoms with Crippen LogP contribution in [0.5, 0.6) is 5.75 Å². The Labute approximate surface area is 199 Å². The summed E-state index contributed by atoms with van der Waals surface area (Å²) in [7, 11) is 1.33. The lowest BCUT2D eigenvalue weighted by Gasteiger charge is -2.33. The third-order valence-corrected chi connectivity index (χ3v) is 5.35. The van der Waals surface area contributed by atoms with Gasteiger partial charge in [0.1, 0.15) is 0 Å². The molecule has 1 aliphatic heterocycles. The van der Waals surface area contributed by atoms with Crippen molar-refractivity contribution in [2.24, 2.45) is 0 Å². The zero-order valence-electron chi connectivity index (χ0n) is 19.3. The first-order valence-electron chi connectivity index (χ1n) is 11.0. The van der Waals surface area contributed by atoms with E-state index in [-0.39, 0.29) is 29.8 Å². The summed E-state index contributed by atoms with van der Waals surface area (Å²) < 4.78 is 18.3. The highest BCUT2D eigenvalue weighted by atomic mass is 19.1. The second kappa shape index (κ2) is 12.3. The minimum atomic E-state index is -0.551. The number of methoxy groups -OCH3 is 1. The first-order chi connectivity index (χ1) is 16.5. The largest absolute Gasteiger partial charge is 0.494 e. The zero-order valence-corrected chi connectivity index (χ0v) is 19.3. The summed E-state index contributed by atoms with van der Waals surface area (Å²) in [6.45, 7) is 2.40. The number of aryl methyl sites for hydroxylation is 1. The molecule has 176 valence electrons. The van der Waals surface area contributed by atoms with Crippen LogP contribution in [-0.4, -0.2) is 41.9 Å². The Hall–Kier alpha value is -4.00. The van der Waals surface area contributed by atoms with E-state index in [0.29, 0.717) is 13.0 Å². The smallest absolute Gasteiger partial charge is 0.251 e. The molecular weight excluding hydrogens is 433 g/mol. The molecule has 0 bridgehead atoms. The van der Waals surface area contributed by atoms with Gasteiger partial charge < -0.3 is 15.0 Å². The van der Waals surface area contributed by atoms with E-state index in [0.717, 1.165) is 11.6 Å². The first kappa shape index (κ1) is 24.6. The van der Waals surface area contributed by atoms with E-state index in [1.807, 2.05) is 42.5 Å². The number of nitrogens with zero attached hydrogens (tertiary/aromatic N) is 2. The van der Waals surface area contributed by atoms with Gasteiger partial charge in [-0.3, -0.25) is 14.6 Å². The summed E-state index contributed by atoms with van der Waals surface area (Å²) in [5.74, 6) is -1.24. The number of nitrogens with one attached hydrogen (secondary N) is 1. The number of carbonyl (C=O) groups is 2. The number of amides is 2. The molecule has 1 atom stereocenters. The predicted molar refractivity (Wildman–Crippen MR) is 129 cm³/mol. The molecule has 1 aliphatic rings. The van der Waals surface area contributed by atoms with E-state index in [2.05, 4.69) is 29.4 Å². The van der Waals surface area contributed by atoms with E-state index >= 15 is 0 Å². The lowest BCUT2D eigenvalue weighted by Crippen LogP contribution is -2.43. The van der Waals surface area contributed by atoms with E-state index in [1.165, 1.54) is 24.8 Å². The molecule has 0 aliphatic carbocycles. The second-order valence-electron chi connectivity index (χ2n) is 7.74. The van der Waals surface area contributed by atoms with E-state index in [9.17, 15) is 14.0 Å². The Morgan fingerprint density at radius 2 is 1.91 bits per heavy atom. The topological polar surface area (TPSA) is 71.5 Å². The average molecular weight is 462 g/mol. The molecule has 4 rings (SSSR count). The summed E-state index contributed by atoms with van der Waals surface area (Å²) in [5, 5.41) is 2.59. The fraction of sp³-hybridized carbons (Fsp3) is 0.222. The molecule has 1 aromatic heterocycles. The molecule has 0 radical (unpaired) electrons. The molecule has 7 heteroatoms. The van der Waals surface area contributed by atoms with E-state index in [4.69, 9.17) is 4.74 Å². The van der Waals surface area contributed by atoms with Crippen molar-refractivity contribution in [2.75, 3.05) is 20.2 Å². The summed E-state index contributed by atoms with van der Waals surface area (Å²) in [6, 6.07) is 17.7. The third-order valence-electron chi connectivity index (χ3n) is 5.35. The van der Waals surface area contributed by atoms with Gasteiger partial charge in [0.15, 0.2) is 11.6 Å². The highest BCUT2D eigenvalue weighted by Gasteiger charge is 2.26. The Morgan fingerprint density at radius 1 is 1.12 bits per heavy atom. The van der Waals surface area contributed by atoms with Gasteiger partial charge in [-0.1, -0.05) is 54.1 Å². The van der Waals surface area contributed by atoms with Crippen LogP contribution in [0.1, 0.15) is 33.9 Å². The van der Waals surface area contributed by atoms with Crippen molar-refractivity contribution >= 4 is 11.8 Å². The number of pyridine rings is 1. The maximum absolute atomic E-state index is 13.5. The Balaban J connectivity index is 0.000000396. The van der Waals surface area contributed by atoms with Gasteiger partial charge in [0.2, 0.25) is 5.91 Å². The number of hydrogen-bond donors (Lipinski definition) is 1. The summed E-state index contributed by atoms with van der Waals surface area (Å²) >= 11 is 0. The normalized spacial score (nSPS) is 14.6. The highest BCUT2D eigenvalue weighted by Crippen LogP contribution is 2.27. The van der Waals surface area contributed by atoms with Crippen LogP contribution in [0.4, 0.5) is 4.39 Å². The molecule has 0 saturated heterocycles.